The molecule has 0 spiro atoms. The molecule has 2 aromatic carbocycles. The molecule has 126 valence electrons. The van der Waals surface area contributed by atoms with Gasteiger partial charge in [-0.15, -0.1) is 0 Å². The van der Waals surface area contributed by atoms with Crippen molar-refractivity contribution in [3.05, 3.63) is 58.6 Å². The van der Waals surface area contributed by atoms with Crippen molar-refractivity contribution >= 4 is 43.3 Å². The van der Waals surface area contributed by atoms with Crippen LogP contribution in [0.4, 0.5) is 5.69 Å². The van der Waals surface area contributed by atoms with Gasteiger partial charge in [-0.2, -0.15) is 0 Å². The van der Waals surface area contributed by atoms with E-state index in [0.717, 1.165) is 10.7 Å². The van der Waals surface area contributed by atoms with Crippen molar-refractivity contribution in [2.45, 2.75) is 4.90 Å². The molecule has 1 amide bonds. The smallest absolute Gasteiger partial charge is 0.338 e. The number of esters is 1. The number of hydrogen-bond acceptors (Lipinski definition) is 5. The van der Waals surface area contributed by atoms with Crippen LogP contribution in [0.1, 0.15) is 10.4 Å². The molecule has 0 bridgehead atoms. The standard InChI is InChI=1S/C16H14BrNO5S/c1-24(21,22)14-8-2-11(3-9-14)16(20)23-10-15(19)18-13-6-4-12(17)5-7-13/h2-9H,10H2,1H3,(H,18,19). The van der Waals surface area contributed by atoms with Crippen LogP contribution in [0.2, 0.25) is 0 Å². The van der Waals surface area contributed by atoms with Crippen LogP contribution in [-0.4, -0.2) is 33.2 Å². The number of rotatable bonds is 5. The first-order valence-electron chi connectivity index (χ1n) is 6.78. The van der Waals surface area contributed by atoms with E-state index in [9.17, 15) is 18.0 Å². The highest BCUT2D eigenvalue weighted by atomic mass is 79.9. The quantitative estimate of drug-likeness (QED) is 0.763. The normalized spacial score (nSPS) is 10.9. The van der Waals surface area contributed by atoms with Crippen LogP contribution in [0, 0.1) is 0 Å². The maximum Gasteiger partial charge on any atom is 0.338 e. The Bertz CT molecular complexity index is 845. The molecule has 0 aliphatic carbocycles. The molecule has 0 unspecified atom stereocenters. The zero-order chi connectivity index (χ0) is 17.7. The third-order valence-corrected chi connectivity index (χ3v) is 4.64. The summed E-state index contributed by atoms with van der Waals surface area (Å²) in [6.07, 6.45) is 1.08. The molecule has 0 saturated heterocycles. The lowest BCUT2D eigenvalue weighted by Crippen LogP contribution is -2.20. The second-order valence-corrected chi connectivity index (χ2v) is 7.86. The fourth-order valence-electron chi connectivity index (χ4n) is 1.78. The zero-order valence-corrected chi connectivity index (χ0v) is 15.1. The molecule has 0 saturated carbocycles. The number of anilines is 1. The Morgan fingerprint density at radius 1 is 1.04 bits per heavy atom. The van der Waals surface area contributed by atoms with E-state index in [-0.39, 0.29) is 10.5 Å². The maximum absolute atomic E-state index is 11.8. The van der Waals surface area contributed by atoms with Gasteiger partial charge in [0.2, 0.25) is 0 Å². The highest BCUT2D eigenvalue weighted by molar-refractivity contribution is 9.10. The molecule has 0 radical (unpaired) electrons. The fraction of sp³-hybridized carbons (Fsp3) is 0.125. The molecule has 0 aromatic heterocycles. The highest BCUT2D eigenvalue weighted by Crippen LogP contribution is 2.14. The number of halogens is 1. The van der Waals surface area contributed by atoms with Crippen LogP contribution in [-0.2, 0) is 19.4 Å². The molecule has 0 atom stereocenters. The van der Waals surface area contributed by atoms with Crippen molar-refractivity contribution < 1.29 is 22.7 Å². The molecule has 0 heterocycles. The lowest BCUT2D eigenvalue weighted by Gasteiger charge is -2.07. The summed E-state index contributed by atoms with van der Waals surface area (Å²) in [7, 11) is -3.33. The topological polar surface area (TPSA) is 89.5 Å². The summed E-state index contributed by atoms with van der Waals surface area (Å²) in [5.74, 6) is -1.18. The van der Waals surface area contributed by atoms with E-state index in [2.05, 4.69) is 21.2 Å². The highest BCUT2D eigenvalue weighted by Gasteiger charge is 2.12. The largest absolute Gasteiger partial charge is 0.452 e. The van der Waals surface area contributed by atoms with E-state index in [0.29, 0.717) is 5.69 Å². The number of carbonyl (C=O) groups is 2. The number of carbonyl (C=O) groups excluding carboxylic acids is 2. The van der Waals surface area contributed by atoms with Crippen molar-refractivity contribution in [2.24, 2.45) is 0 Å². The second-order valence-electron chi connectivity index (χ2n) is 4.93. The monoisotopic (exact) mass is 411 g/mol. The fourth-order valence-corrected chi connectivity index (χ4v) is 2.68. The van der Waals surface area contributed by atoms with Crippen molar-refractivity contribution in [3.8, 4) is 0 Å². The summed E-state index contributed by atoms with van der Waals surface area (Å²) in [6, 6.07) is 12.2. The van der Waals surface area contributed by atoms with E-state index in [1.165, 1.54) is 24.3 Å². The van der Waals surface area contributed by atoms with Gasteiger partial charge in [-0.3, -0.25) is 4.79 Å². The summed E-state index contributed by atoms with van der Waals surface area (Å²) in [6.45, 7) is -0.442. The first-order chi connectivity index (χ1) is 11.3. The molecule has 6 nitrogen and oxygen atoms in total. The Hall–Kier alpha value is -2.19. The van der Waals surface area contributed by atoms with Gasteiger partial charge in [0.05, 0.1) is 10.5 Å². The molecular formula is C16H14BrNO5S. The van der Waals surface area contributed by atoms with Gasteiger partial charge < -0.3 is 10.1 Å². The van der Waals surface area contributed by atoms with E-state index in [1.54, 1.807) is 24.3 Å². The maximum atomic E-state index is 11.8. The summed E-state index contributed by atoms with van der Waals surface area (Å²) in [5, 5.41) is 2.59. The molecule has 24 heavy (non-hydrogen) atoms. The zero-order valence-electron chi connectivity index (χ0n) is 12.7. The Balaban J connectivity index is 1.90. The van der Waals surface area contributed by atoms with Gasteiger partial charge in [0.1, 0.15) is 0 Å². The Labute approximate surface area is 147 Å². The van der Waals surface area contributed by atoms with Crippen LogP contribution in [0.3, 0.4) is 0 Å². The minimum atomic E-state index is -3.33. The molecule has 1 N–H and O–H groups in total. The van der Waals surface area contributed by atoms with Gasteiger partial charge in [-0.25, -0.2) is 13.2 Å². The minimum Gasteiger partial charge on any atom is -0.452 e. The van der Waals surface area contributed by atoms with Crippen LogP contribution in [0.15, 0.2) is 57.9 Å². The van der Waals surface area contributed by atoms with Gasteiger partial charge in [0.25, 0.3) is 5.91 Å². The van der Waals surface area contributed by atoms with Crippen LogP contribution < -0.4 is 5.32 Å². The van der Waals surface area contributed by atoms with E-state index in [4.69, 9.17) is 4.74 Å². The van der Waals surface area contributed by atoms with Crippen molar-refractivity contribution in [1.29, 1.82) is 0 Å². The molecule has 0 aliphatic heterocycles. The number of hydrogen-bond donors (Lipinski definition) is 1. The first-order valence-corrected chi connectivity index (χ1v) is 9.47. The summed E-state index contributed by atoms with van der Waals surface area (Å²) < 4.78 is 28.5. The predicted molar refractivity (Wildman–Crippen MR) is 92.6 cm³/mol. The van der Waals surface area contributed by atoms with Crippen molar-refractivity contribution in [1.82, 2.24) is 0 Å². The van der Waals surface area contributed by atoms with Crippen molar-refractivity contribution in [2.75, 3.05) is 18.2 Å². The van der Waals surface area contributed by atoms with Gasteiger partial charge in [-0.1, -0.05) is 15.9 Å². The van der Waals surface area contributed by atoms with Gasteiger partial charge >= 0.3 is 5.97 Å². The molecule has 2 aromatic rings. The van der Waals surface area contributed by atoms with Crippen LogP contribution in [0.25, 0.3) is 0 Å². The molecular weight excluding hydrogens is 398 g/mol. The Kier molecular flexibility index (Phi) is 5.74. The van der Waals surface area contributed by atoms with E-state index < -0.39 is 28.3 Å². The third kappa shape index (κ3) is 5.17. The second kappa shape index (κ2) is 7.59. The van der Waals surface area contributed by atoms with Crippen LogP contribution >= 0.6 is 15.9 Å². The number of ether oxygens (including phenoxy) is 1. The number of nitrogens with one attached hydrogen (secondary N) is 1. The van der Waals surface area contributed by atoms with E-state index in [1.807, 2.05) is 0 Å². The van der Waals surface area contributed by atoms with E-state index >= 15 is 0 Å². The molecule has 0 aliphatic rings. The van der Waals surface area contributed by atoms with Crippen molar-refractivity contribution in [3.63, 3.8) is 0 Å². The average molecular weight is 412 g/mol. The number of benzene rings is 2. The average Bonchev–Trinajstić information content (AvgIpc) is 2.54. The third-order valence-electron chi connectivity index (χ3n) is 2.98. The number of amides is 1. The predicted octanol–water partition coefficient (Wildman–Crippen LogP) is 2.65. The summed E-state index contributed by atoms with van der Waals surface area (Å²) >= 11 is 3.28. The Morgan fingerprint density at radius 2 is 1.62 bits per heavy atom. The first kappa shape index (κ1) is 18.2. The van der Waals surface area contributed by atoms with Gasteiger partial charge in [0.15, 0.2) is 16.4 Å². The van der Waals surface area contributed by atoms with Crippen LogP contribution in [0.5, 0.6) is 0 Å². The lowest BCUT2D eigenvalue weighted by molar-refractivity contribution is -0.119. The lowest BCUT2D eigenvalue weighted by atomic mass is 10.2. The van der Waals surface area contributed by atoms with Gasteiger partial charge in [0, 0.05) is 16.4 Å². The molecule has 0 fully saturated rings. The minimum absolute atomic E-state index is 0.104. The molecule has 2 rings (SSSR count). The Morgan fingerprint density at radius 3 is 2.17 bits per heavy atom. The molecule has 8 heteroatoms. The van der Waals surface area contributed by atoms with Gasteiger partial charge in [-0.05, 0) is 48.5 Å². The summed E-state index contributed by atoms with van der Waals surface area (Å²) in [5.41, 5.74) is 0.746. The SMILES string of the molecule is CS(=O)(=O)c1ccc(C(=O)OCC(=O)Nc2ccc(Br)cc2)cc1. The number of sulfone groups is 1. The summed E-state index contributed by atoms with van der Waals surface area (Å²) in [4.78, 5) is 23.7.